The van der Waals surface area contributed by atoms with Crippen LogP contribution in [-0.4, -0.2) is 39.9 Å². The Balaban J connectivity index is 0.000000385. The standard InChI is InChI=1S/C7H8N2O2.CH4O3S/c1-2-6(7(10)11)9-4-3-8-5-9;1-5(2,3)4/h2-6H,1H2,(H,10,11);1H3,(H,2,3,4). The number of carboxylic acids is 1. The first-order valence-electron chi connectivity index (χ1n) is 4.01. The minimum atomic E-state index is -3.67. The fourth-order valence-electron chi connectivity index (χ4n) is 0.784. The van der Waals surface area contributed by atoms with Crippen molar-refractivity contribution >= 4 is 16.1 Å². The van der Waals surface area contributed by atoms with Crippen molar-refractivity contribution in [3.63, 3.8) is 0 Å². The SMILES string of the molecule is C=CC(C(=O)O)n1ccnc1.CS(=O)(=O)O. The molecule has 0 aliphatic rings. The molecule has 1 rings (SSSR count). The van der Waals surface area contributed by atoms with Gasteiger partial charge in [-0.05, 0) is 0 Å². The van der Waals surface area contributed by atoms with E-state index in [2.05, 4.69) is 11.6 Å². The highest BCUT2D eigenvalue weighted by atomic mass is 32.2. The first kappa shape index (κ1) is 14.3. The lowest BCUT2D eigenvalue weighted by Gasteiger charge is -2.06. The molecule has 16 heavy (non-hydrogen) atoms. The third-order valence-corrected chi connectivity index (χ3v) is 1.32. The predicted octanol–water partition coefficient (Wildman–Crippen LogP) is 0.199. The first-order valence-corrected chi connectivity index (χ1v) is 5.85. The maximum Gasteiger partial charge on any atom is 0.330 e. The van der Waals surface area contributed by atoms with E-state index in [4.69, 9.17) is 9.66 Å². The van der Waals surface area contributed by atoms with Gasteiger partial charge in [-0.15, -0.1) is 6.58 Å². The number of carboxylic acid groups (broad SMARTS) is 1. The van der Waals surface area contributed by atoms with Crippen LogP contribution in [-0.2, 0) is 14.9 Å². The van der Waals surface area contributed by atoms with E-state index >= 15 is 0 Å². The van der Waals surface area contributed by atoms with Crippen LogP contribution >= 0.6 is 0 Å². The van der Waals surface area contributed by atoms with Gasteiger partial charge in [0.15, 0.2) is 0 Å². The zero-order valence-electron chi connectivity index (χ0n) is 8.52. The van der Waals surface area contributed by atoms with Gasteiger partial charge in [0.1, 0.15) is 6.04 Å². The van der Waals surface area contributed by atoms with Gasteiger partial charge < -0.3 is 9.67 Å². The third-order valence-electron chi connectivity index (χ3n) is 1.32. The minimum absolute atomic E-state index is 0.711. The first-order chi connectivity index (χ1) is 7.25. The van der Waals surface area contributed by atoms with Crippen molar-refractivity contribution in [2.24, 2.45) is 0 Å². The molecular formula is C8H12N2O5S. The van der Waals surface area contributed by atoms with Crippen LogP contribution in [0.4, 0.5) is 0 Å². The maximum atomic E-state index is 10.5. The average Bonchev–Trinajstić information content (AvgIpc) is 2.54. The molecule has 0 aromatic carbocycles. The highest BCUT2D eigenvalue weighted by molar-refractivity contribution is 7.85. The van der Waals surface area contributed by atoms with Crippen molar-refractivity contribution in [3.8, 4) is 0 Å². The highest BCUT2D eigenvalue weighted by Gasteiger charge is 2.13. The molecule has 1 heterocycles. The van der Waals surface area contributed by atoms with Gasteiger partial charge in [0.2, 0.25) is 0 Å². The largest absolute Gasteiger partial charge is 0.479 e. The molecule has 0 fully saturated rings. The number of aromatic nitrogens is 2. The van der Waals surface area contributed by atoms with Crippen molar-refractivity contribution in [1.82, 2.24) is 9.55 Å². The Morgan fingerprint density at radius 1 is 1.62 bits per heavy atom. The Morgan fingerprint density at radius 2 is 2.12 bits per heavy atom. The Hall–Kier alpha value is -1.67. The van der Waals surface area contributed by atoms with Crippen molar-refractivity contribution in [2.45, 2.75) is 6.04 Å². The fourth-order valence-corrected chi connectivity index (χ4v) is 0.784. The number of hydrogen-bond donors (Lipinski definition) is 2. The van der Waals surface area contributed by atoms with Gasteiger partial charge >= 0.3 is 5.97 Å². The molecule has 0 saturated carbocycles. The summed E-state index contributed by atoms with van der Waals surface area (Å²) in [6.07, 6.45) is 6.62. The predicted molar refractivity (Wildman–Crippen MR) is 56.6 cm³/mol. The molecule has 90 valence electrons. The molecule has 1 aromatic heterocycles. The monoisotopic (exact) mass is 248 g/mol. The lowest BCUT2D eigenvalue weighted by molar-refractivity contribution is -0.139. The van der Waals surface area contributed by atoms with E-state index in [1.165, 1.54) is 23.2 Å². The van der Waals surface area contributed by atoms with Crippen LogP contribution in [0.1, 0.15) is 6.04 Å². The normalized spacial score (nSPS) is 12.1. The van der Waals surface area contributed by atoms with E-state index in [1.807, 2.05) is 0 Å². The molecule has 0 spiro atoms. The van der Waals surface area contributed by atoms with E-state index in [9.17, 15) is 13.2 Å². The molecule has 0 bridgehead atoms. The molecule has 0 radical (unpaired) electrons. The Kier molecular flexibility index (Phi) is 5.40. The van der Waals surface area contributed by atoms with E-state index in [0.29, 0.717) is 6.26 Å². The summed E-state index contributed by atoms with van der Waals surface area (Å²) in [5.41, 5.74) is 0. The van der Waals surface area contributed by atoms with Crippen LogP contribution in [0.15, 0.2) is 31.4 Å². The molecule has 8 heteroatoms. The molecule has 0 aliphatic carbocycles. The zero-order valence-corrected chi connectivity index (χ0v) is 9.33. The van der Waals surface area contributed by atoms with Gasteiger partial charge in [-0.1, -0.05) is 6.08 Å². The van der Waals surface area contributed by atoms with Crippen LogP contribution in [0.25, 0.3) is 0 Å². The van der Waals surface area contributed by atoms with E-state index in [0.717, 1.165) is 0 Å². The van der Waals surface area contributed by atoms with Gasteiger partial charge in [-0.3, -0.25) is 4.55 Å². The summed E-state index contributed by atoms with van der Waals surface area (Å²) in [5.74, 6) is -0.932. The Morgan fingerprint density at radius 3 is 2.38 bits per heavy atom. The molecule has 7 nitrogen and oxygen atoms in total. The van der Waals surface area contributed by atoms with Crippen LogP contribution in [0.3, 0.4) is 0 Å². The molecule has 0 aliphatic heterocycles. The van der Waals surface area contributed by atoms with Crippen molar-refractivity contribution < 1.29 is 22.9 Å². The Bertz CT molecular complexity index is 429. The van der Waals surface area contributed by atoms with Gasteiger partial charge in [-0.25, -0.2) is 9.78 Å². The molecule has 0 amide bonds. The second-order valence-electron chi connectivity index (χ2n) is 2.76. The smallest absolute Gasteiger partial charge is 0.330 e. The zero-order chi connectivity index (χ0) is 12.8. The molecular weight excluding hydrogens is 236 g/mol. The third kappa shape index (κ3) is 6.74. The molecule has 1 aromatic rings. The second kappa shape index (κ2) is 6.03. The number of imidazole rings is 1. The minimum Gasteiger partial charge on any atom is -0.479 e. The molecule has 0 saturated heterocycles. The van der Waals surface area contributed by atoms with Crippen LogP contribution in [0.5, 0.6) is 0 Å². The van der Waals surface area contributed by atoms with Crippen molar-refractivity contribution in [1.29, 1.82) is 0 Å². The number of rotatable bonds is 3. The lowest BCUT2D eigenvalue weighted by atomic mass is 10.3. The maximum absolute atomic E-state index is 10.5. The summed E-state index contributed by atoms with van der Waals surface area (Å²) in [6.45, 7) is 3.41. The molecule has 1 atom stereocenters. The number of aliphatic carboxylic acids is 1. The van der Waals surface area contributed by atoms with Gasteiger partial charge in [0.05, 0.1) is 12.6 Å². The summed E-state index contributed by atoms with van der Waals surface area (Å²) in [5, 5.41) is 8.63. The van der Waals surface area contributed by atoms with Gasteiger partial charge in [0, 0.05) is 12.4 Å². The summed E-state index contributed by atoms with van der Waals surface area (Å²) in [7, 11) is -3.67. The quantitative estimate of drug-likeness (QED) is 0.584. The number of hydrogen-bond acceptors (Lipinski definition) is 4. The van der Waals surface area contributed by atoms with Crippen molar-refractivity contribution in [3.05, 3.63) is 31.4 Å². The lowest BCUT2D eigenvalue weighted by Crippen LogP contribution is -2.14. The molecule has 2 N–H and O–H groups in total. The highest BCUT2D eigenvalue weighted by Crippen LogP contribution is 2.05. The average molecular weight is 248 g/mol. The number of carbonyl (C=O) groups is 1. The Labute approximate surface area is 92.8 Å². The summed E-state index contributed by atoms with van der Waals surface area (Å²) in [6, 6.07) is -0.711. The van der Waals surface area contributed by atoms with Crippen molar-refractivity contribution in [2.75, 3.05) is 6.26 Å². The molecule has 1 unspecified atom stereocenters. The van der Waals surface area contributed by atoms with E-state index in [-0.39, 0.29) is 0 Å². The van der Waals surface area contributed by atoms with Crippen LogP contribution < -0.4 is 0 Å². The number of nitrogens with zero attached hydrogens (tertiary/aromatic N) is 2. The van der Waals surface area contributed by atoms with Crippen LogP contribution in [0.2, 0.25) is 0 Å². The summed E-state index contributed by atoms with van der Waals surface area (Å²) >= 11 is 0. The van der Waals surface area contributed by atoms with Gasteiger partial charge in [-0.2, -0.15) is 8.42 Å². The fraction of sp³-hybridized carbons (Fsp3) is 0.250. The summed E-state index contributed by atoms with van der Waals surface area (Å²) < 4.78 is 27.3. The van der Waals surface area contributed by atoms with Crippen LogP contribution in [0, 0.1) is 0 Å². The second-order valence-corrected chi connectivity index (χ2v) is 4.23. The summed E-state index contributed by atoms with van der Waals surface area (Å²) in [4.78, 5) is 14.2. The van der Waals surface area contributed by atoms with E-state index in [1.54, 1.807) is 6.20 Å². The topological polar surface area (TPSA) is 109 Å². The van der Waals surface area contributed by atoms with Gasteiger partial charge in [0.25, 0.3) is 10.1 Å². The van der Waals surface area contributed by atoms with E-state index < -0.39 is 22.1 Å².